The van der Waals surface area contributed by atoms with Crippen LogP contribution >= 0.6 is 0 Å². The molecule has 0 saturated carbocycles. The summed E-state index contributed by atoms with van der Waals surface area (Å²) in [7, 11) is 0. The SMILES string of the molecule is C=C(O)Cc1cc(O)c2c(c1O)C(=O)c1ccccc1C2=O. The quantitative estimate of drug-likeness (QED) is 0.499. The summed E-state index contributed by atoms with van der Waals surface area (Å²) in [6.45, 7) is 3.31. The number of phenolic OH excluding ortho intramolecular Hbond substituents is 2. The van der Waals surface area contributed by atoms with Gasteiger partial charge in [0.05, 0.1) is 16.9 Å². The number of allylic oxidation sites excluding steroid dienone is 1. The number of aliphatic hydroxyl groups excluding tert-OH is 1. The second-order valence-corrected chi connectivity index (χ2v) is 5.10. The van der Waals surface area contributed by atoms with Crippen molar-refractivity contribution in [3.8, 4) is 11.5 Å². The van der Waals surface area contributed by atoms with Gasteiger partial charge in [0.2, 0.25) is 0 Å². The van der Waals surface area contributed by atoms with Crippen LogP contribution in [0, 0.1) is 0 Å². The van der Waals surface area contributed by atoms with Gasteiger partial charge in [0.25, 0.3) is 0 Å². The van der Waals surface area contributed by atoms with Crippen LogP contribution in [-0.2, 0) is 6.42 Å². The van der Waals surface area contributed by atoms with E-state index in [1.54, 1.807) is 12.1 Å². The van der Waals surface area contributed by atoms with Gasteiger partial charge in [0.15, 0.2) is 11.6 Å². The molecule has 0 aromatic heterocycles. The van der Waals surface area contributed by atoms with Crippen LogP contribution in [0.3, 0.4) is 0 Å². The standard InChI is InChI=1S/C17H12O5/c1-8(18)6-9-7-12(19)13-14(15(9)20)17(22)11-5-3-2-4-10(11)16(13)21/h2-5,7,18-20H,1,6H2. The van der Waals surface area contributed by atoms with Crippen molar-refractivity contribution in [1.29, 1.82) is 0 Å². The molecule has 0 atom stereocenters. The third-order valence-electron chi connectivity index (χ3n) is 3.62. The molecule has 0 bridgehead atoms. The fourth-order valence-corrected chi connectivity index (χ4v) is 2.67. The Labute approximate surface area is 125 Å². The van der Waals surface area contributed by atoms with Crippen molar-refractivity contribution in [3.05, 3.63) is 70.5 Å². The van der Waals surface area contributed by atoms with Crippen molar-refractivity contribution in [1.82, 2.24) is 0 Å². The van der Waals surface area contributed by atoms with Crippen LogP contribution in [0.1, 0.15) is 37.4 Å². The number of carbonyl (C=O) groups is 2. The van der Waals surface area contributed by atoms with E-state index in [0.29, 0.717) is 0 Å². The molecule has 5 heteroatoms. The van der Waals surface area contributed by atoms with E-state index in [1.165, 1.54) is 12.1 Å². The Balaban J connectivity index is 2.31. The number of ketones is 2. The Morgan fingerprint density at radius 3 is 2.09 bits per heavy atom. The molecule has 1 aliphatic carbocycles. The highest BCUT2D eigenvalue weighted by molar-refractivity contribution is 6.30. The van der Waals surface area contributed by atoms with Gasteiger partial charge >= 0.3 is 0 Å². The third-order valence-corrected chi connectivity index (χ3v) is 3.62. The lowest BCUT2D eigenvalue weighted by Crippen LogP contribution is -2.21. The summed E-state index contributed by atoms with van der Waals surface area (Å²) in [5.41, 5.74) is 0.0430. The smallest absolute Gasteiger partial charge is 0.198 e. The fourth-order valence-electron chi connectivity index (χ4n) is 2.67. The number of aliphatic hydroxyl groups is 1. The van der Waals surface area contributed by atoms with Crippen LogP contribution in [0.25, 0.3) is 0 Å². The molecule has 2 aromatic carbocycles. The Kier molecular flexibility index (Phi) is 2.99. The molecular formula is C17H12O5. The lowest BCUT2D eigenvalue weighted by Gasteiger charge is -2.20. The van der Waals surface area contributed by atoms with E-state index in [1.807, 2.05) is 0 Å². The molecule has 0 heterocycles. The highest BCUT2D eigenvalue weighted by atomic mass is 16.3. The zero-order valence-electron chi connectivity index (χ0n) is 11.5. The predicted molar refractivity (Wildman–Crippen MR) is 78.6 cm³/mol. The minimum Gasteiger partial charge on any atom is -0.513 e. The largest absolute Gasteiger partial charge is 0.513 e. The van der Waals surface area contributed by atoms with Gasteiger partial charge in [0, 0.05) is 23.1 Å². The fraction of sp³-hybridized carbons (Fsp3) is 0.0588. The number of hydrogen-bond donors (Lipinski definition) is 3. The molecule has 22 heavy (non-hydrogen) atoms. The summed E-state index contributed by atoms with van der Waals surface area (Å²) >= 11 is 0. The third kappa shape index (κ3) is 1.87. The van der Waals surface area contributed by atoms with Gasteiger partial charge < -0.3 is 15.3 Å². The first kappa shape index (κ1) is 13.9. The van der Waals surface area contributed by atoms with E-state index in [-0.39, 0.29) is 40.0 Å². The molecule has 0 amide bonds. The van der Waals surface area contributed by atoms with E-state index < -0.39 is 23.1 Å². The van der Waals surface area contributed by atoms with Crippen LogP contribution in [0.4, 0.5) is 0 Å². The summed E-state index contributed by atoms with van der Waals surface area (Å²) in [4.78, 5) is 25.0. The number of carbonyl (C=O) groups excluding carboxylic acids is 2. The highest BCUT2D eigenvalue weighted by Gasteiger charge is 2.35. The van der Waals surface area contributed by atoms with Crippen LogP contribution in [0.2, 0.25) is 0 Å². The minimum atomic E-state index is -0.539. The van der Waals surface area contributed by atoms with Crippen molar-refractivity contribution in [2.75, 3.05) is 0 Å². The van der Waals surface area contributed by atoms with Gasteiger partial charge in [-0.3, -0.25) is 9.59 Å². The number of hydrogen-bond acceptors (Lipinski definition) is 5. The molecule has 0 unspecified atom stereocenters. The van der Waals surface area contributed by atoms with Crippen molar-refractivity contribution in [2.45, 2.75) is 6.42 Å². The van der Waals surface area contributed by atoms with Crippen molar-refractivity contribution in [2.24, 2.45) is 0 Å². The lowest BCUT2D eigenvalue weighted by atomic mass is 9.82. The van der Waals surface area contributed by atoms with E-state index in [9.17, 15) is 24.9 Å². The number of aromatic hydroxyl groups is 2. The molecule has 0 radical (unpaired) electrons. The number of fused-ring (bicyclic) bond motifs is 2. The Hall–Kier alpha value is -3.08. The zero-order chi connectivity index (χ0) is 16.0. The van der Waals surface area contributed by atoms with Crippen LogP contribution in [-0.4, -0.2) is 26.9 Å². The van der Waals surface area contributed by atoms with Crippen LogP contribution in [0.5, 0.6) is 11.5 Å². The number of rotatable bonds is 2. The monoisotopic (exact) mass is 296 g/mol. The molecule has 110 valence electrons. The molecule has 0 spiro atoms. The van der Waals surface area contributed by atoms with E-state index in [4.69, 9.17) is 0 Å². The maximum absolute atomic E-state index is 12.6. The van der Waals surface area contributed by atoms with Gasteiger partial charge in [-0.25, -0.2) is 0 Å². The highest BCUT2D eigenvalue weighted by Crippen LogP contribution is 2.40. The Bertz CT molecular complexity index is 848. The first-order valence-corrected chi connectivity index (χ1v) is 6.54. The number of benzene rings is 2. The lowest BCUT2D eigenvalue weighted by molar-refractivity contribution is 0.0974. The first-order chi connectivity index (χ1) is 10.4. The predicted octanol–water partition coefficient (Wildman–Crippen LogP) is 2.49. The van der Waals surface area contributed by atoms with Gasteiger partial charge in [0.1, 0.15) is 11.5 Å². The summed E-state index contributed by atoms with van der Waals surface area (Å²) in [5.74, 6) is -2.12. The van der Waals surface area contributed by atoms with E-state index in [2.05, 4.69) is 6.58 Å². The van der Waals surface area contributed by atoms with Crippen molar-refractivity contribution in [3.63, 3.8) is 0 Å². The Morgan fingerprint density at radius 2 is 1.55 bits per heavy atom. The van der Waals surface area contributed by atoms with Crippen molar-refractivity contribution < 1.29 is 24.9 Å². The summed E-state index contributed by atoms with van der Waals surface area (Å²) < 4.78 is 0. The van der Waals surface area contributed by atoms with Crippen LogP contribution < -0.4 is 0 Å². The van der Waals surface area contributed by atoms with Gasteiger partial charge in [-0.05, 0) is 6.07 Å². The Morgan fingerprint density at radius 1 is 1.00 bits per heavy atom. The van der Waals surface area contributed by atoms with E-state index >= 15 is 0 Å². The molecule has 3 N–H and O–H groups in total. The maximum atomic E-state index is 12.6. The van der Waals surface area contributed by atoms with Crippen LogP contribution in [0.15, 0.2) is 42.7 Å². The topological polar surface area (TPSA) is 94.8 Å². The van der Waals surface area contributed by atoms with Gasteiger partial charge in [-0.1, -0.05) is 30.8 Å². The number of phenols is 2. The molecule has 0 fully saturated rings. The molecule has 0 aliphatic heterocycles. The van der Waals surface area contributed by atoms with Crippen molar-refractivity contribution >= 4 is 11.6 Å². The van der Waals surface area contributed by atoms with Gasteiger partial charge in [-0.15, -0.1) is 0 Å². The molecule has 2 aromatic rings. The zero-order valence-corrected chi connectivity index (χ0v) is 11.5. The summed E-state index contributed by atoms with van der Waals surface area (Å²) in [6, 6.07) is 7.39. The minimum absolute atomic E-state index is 0.129. The average Bonchev–Trinajstić information content (AvgIpc) is 2.47. The van der Waals surface area contributed by atoms with Gasteiger partial charge in [-0.2, -0.15) is 0 Å². The molecule has 1 aliphatic rings. The molecular weight excluding hydrogens is 284 g/mol. The van der Waals surface area contributed by atoms with E-state index in [0.717, 1.165) is 6.07 Å². The molecule has 5 nitrogen and oxygen atoms in total. The second kappa shape index (κ2) is 4.73. The molecule has 0 saturated heterocycles. The average molecular weight is 296 g/mol. The summed E-state index contributed by atoms with van der Waals surface area (Å²) in [6.07, 6.45) is -0.129. The second-order valence-electron chi connectivity index (χ2n) is 5.10. The summed E-state index contributed by atoms with van der Waals surface area (Å²) in [5, 5.41) is 29.6. The first-order valence-electron chi connectivity index (χ1n) is 6.54. The normalized spacial score (nSPS) is 12.7. The maximum Gasteiger partial charge on any atom is 0.198 e. The molecule has 3 rings (SSSR count).